The fourth-order valence-corrected chi connectivity index (χ4v) is 8.80. The molecule has 18 heteroatoms. The summed E-state index contributed by atoms with van der Waals surface area (Å²) in [5, 5.41) is 30.9. The number of rotatable bonds is 13. The summed E-state index contributed by atoms with van der Waals surface area (Å²) in [6.07, 6.45) is 0.492. The molecule has 3 atom stereocenters. The largest absolute Gasteiger partial charge is 0.480 e. The van der Waals surface area contributed by atoms with Gasteiger partial charge in [0.25, 0.3) is 17.7 Å². The van der Waals surface area contributed by atoms with Crippen LogP contribution in [0.5, 0.6) is 0 Å². The minimum absolute atomic E-state index is 0.0411. The maximum absolute atomic E-state index is 13.1. The first-order chi connectivity index (χ1) is 21.9. The third kappa shape index (κ3) is 6.65. The van der Waals surface area contributed by atoms with Gasteiger partial charge in [-0.25, -0.2) is 9.59 Å². The van der Waals surface area contributed by atoms with Crippen LogP contribution < -0.4 is 5.32 Å². The van der Waals surface area contributed by atoms with Crippen molar-refractivity contribution in [3.63, 3.8) is 0 Å². The number of β-lactam (4-membered cyclic amide) rings is 1. The average Bonchev–Trinajstić information content (AvgIpc) is 3.57. The predicted octanol–water partition coefficient (Wildman–Crippen LogP) is 1.72. The lowest BCUT2D eigenvalue weighted by Gasteiger charge is -2.49. The fraction of sp³-hybridized carbons (Fsp3) is 0.393. The Morgan fingerprint density at radius 1 is 1.13 bits per heavy atom. The summed E-state index contributed by atoms with van der Waals surface area (Å²) in [7, 11) is 3.30. The van der Waals surface area contributed by atoms with Crippen LogP contribution in [-0.2, 0) is 25.6 Å². The van der Waals surface area contributed by atoms with Crippen molar-refractivity contribution < 1.29 is 39.0 Å². The third-order valence-corrected chi connectivity index (χ3v) is 11.3. The van der Waals surface area contributed by atoms with Crippen molar-refractivity contribution >= 4 is 87.6 Å². The highest BCUT2D eigenvalue weighted by Crippen LogP contribution is 2.42. The maximum atomic E-state index is 13.1. The van der Waals surface area contributed by atoms with Gasteiger partial charge in [0.05, 0.1) is 22.5 Å². The number of hydrogen-bond donors (Lipinski definition) is 3. The second-order valence-corrected chi connectivity index (χ2v) is 14.6. The number of likely N-dealkylation sites (N-methyl/N-ethyl adjacent to an activating group) is 1. The normalized spacial score (nSPS) is 19.4. The first-order valence-corrected chi connectivity index (χ1v) is 17.2. The maximum Gasteiger partial charge on any atom is 0.352 e. The Bertz CT molecular complexity index is 1640. The smallest absolute Gasteiger partial charge is 0.352 e. The van der Waals surface area contributed by atoms with Crippen LogP contribution >= 0.6 is 47.1 Å². The topological polar surface area (TPSA) is 190 Å². The Morgan fingerprint density at radius 3 is 2.41 bits per heavy atom. The molecule has 0 bridgehead atoms. The molecule has 14 nitrogen and oxygen atoms in total. The van der Waals surface area contributed by atoms with Crippen molar-refractivity contribution in [1.29, 1.82) is 0 Å². The zero-order valence-corrected chi connectivity index (χ0v) is 27.8. The van der Waals surface area contributed by atoms with E-state index < -0.39 is 47.1 Å². The number of aromatic nitrogens is 2. The number of carbonyl (C=O) groups is 6. The molecule has 3 N–H and O–H groups in total. The number of carbonyl (C=O) groups excluding carboxylic acids is 4. The van der Waals surface area contributed by atoms with E-state index in [1.165, 1.54) is 56.8 Å². The van der Waals surface area contributed by atoms with E-state index in [4.69, 9.17) is 12.2 Å². The van der Waals surface area contributed by atoms with Gasteiger partial charge in [-0.2, -0.15) is 0 Å². The molecule has 0 aliphatic carbocycles. The summed E-state index contributed by atoms with van der Waals surface area (Å²) in [5.41, 5.74) is 0.798. The Kier molecular flexibility index (Phi) is 10.1. The van der Waals surface area contributed by atoms with E-state index in [-0.39, 0.29) is 59.2 Å². The molecule has 1 aromatic carbocycles. The minimum Gasteiger partial charge on any atom is -0.480 e. The van der Waals surface area contributed by atoms with Crippen LogP contribution in [0.2, 0.25) is 0 Å². The molecule has 0 saturated carbocycles. The lowest BCUT2D eigenvalue weighted by atomic mass is 10.0. The van der Waals surface area contributed by atoms with E-state index in [0.29, 0.717) is 20.7 Å². The molecule has 3 aliphatic rings. The van der Waals surface area contributed by atoms with Gasteiger partial charge in [0, 0.05) is 25.6 Å². The molecule has 3 aliphatic heterocycles. The number of nitrogens with zero attached hydrogens (tertiary/aromatic N) is 5. The van der Waals surface area contributed by atoms with Crippen LogP contribution in [0.3, 0.4) is 0 Å². The second-order valence-electron chi connectivity index (χ2n) is 10.7. The third-order valence-electron chi connectivity index (χ3n) is 7.49. The summed E-state index contributed by atoms with van der Waals surface area (Å²) in [4.78, 5) is 78.6. The van der Waals surface area contributed by atoms with Gasteiger partial charge in [-0.1, -0.05) is 47.4 Å². The quantitative estimate of drug-likeness (QED) is 0.118. The van der Waals surface area contributed by atoms with Crippen LogP contribution in [0.1, 0.15) is 45.0 Å². The summed E-state index contributed by atoms with van der Waals surface area (Å²) < 4.78 is 0.582. The lowest BCUT2D eigenvalue weighted by Crippen LogP contribution is -2.70. The van der Waals surface area contributed by atoms with E-state index in [1.807, 2.05) is 0 Å². The van der Waals surface area contributed by atoms with Crippen LogP contribution in [0.4, 0.5) is 0 Å². The van der Waals surface area contributed by atoms with Crippen LogP contribution in [-0.4, -0.2) is 119 Å². The number of carboxylic acid groups (broad SMARTS) is 2. The predicted molar refractivity (Wildman–Crippen MR) is 173 cm³/mol. The van der Waals surface area contributed by atoms with Crippen LogP contribution in [0, 0.1) is 0 Å². The molecule has 0 radical (unpaired) electrons. The number of benzene rings is 1. The van der Waals surface area contributed by atoms with E-state index in [1.54, 1.807) is 26.2 Å². The fourth-order valence-electron chi connectivity index (χ4n) is 5.15. The van der Waals surface area contributed by atoms with Gasteiger partial charge in [0.2, 0.25) is 5.91 Å². The monoisotopic (exact) mass is 704 g/mol. The molecule has 0 spiro atoms. The molecule has 2 aromatic rings. The van der Waals surface area contributed by atoms with E-state index >= 15 is 0 Å². The SMILES string of the molecule is CN(C)C(=O)Cc1nnc(SCC2=C(C(=O)O)N3C(=O)C(NC(=S)CCCC(C(=O)O)N4C(=O)c5ccccc5C4=O)[C@@H]3SC2)s1. The van der Waals surface area contributed by atoms with Gasteiger partial charge in [0.15, 0.2) is 4.34 Å². The van der Waals surface area contributed by atoms with Gasteiger partial charge in [0.1, 0.15) is 28.2 Å². The van der Waals surface area contributed by atoms with Gasteiger partial charge in [-0.15, -0.1) is 22.0 Å². The highest BCUT2D eigenvalue weighted by Gasteiger charge is 2.53. The van der Waals surface area contributed by atoms with Gasteiger partial charge < -0.3 is 20.4 Å². The number of hydrogen-bond acceptors (Lipinski definition) is 12. The van der Waals surface area contributed by atoms with E-state index in [9.17, 15) is 39.0 Å². The number of imide groups is 1. The van der Waals surface area contributed by atoms with Crippen molar-refractivity contribution in [3.05, 3.63) is 51.7 Å². The molecular formula is C28H28N6O8S4. The number of thioether (sulfide) groups is 2. The summed E-state index contributed by atoms with van der Waals surface area (Å²) in [6, 6.07) is 4.03. The van der Waals surface area contributed by atoms with Crippen LogP contribution in [0.15, 0.2) is 39.9 Å². The molecule has 242 valence electrons. The van der Waals surface area contributed by atoms with Crippen molar-refractivity contribution in [3.8, 4) is 0 Å². The molecule has 2 unspecified atom stereocenters. The summed E-state index contributed by atoms with van der Waals surface area (Å²) in [5.74, 6) is -3.78. The standard InChI is InChI=1S/C28H28N6O8S4/c1-32(2)19(35)10-18-30-31-28(46-18)45-12-13-11-44-25-20(24(38)34(25)21(13)27(41)42)29-17(43)9-5-8-16(26(39)40)33-22(36)14-6-3-4-7-15(14)23(33)37/h3-4,6-7,16,20,25H,5,8-12H2,1-2H3,(H,29,43)(H,39,40)(H,41,42)/t16?,20?,25-/m0/s1. The van der Waals surface area contributed by atoms with Crippen LogP contribution in [0.25, 0.3) is 0 Å². The van der Waals surface area contributed by atoms with E-state index in [0.717, 1.165) is 4.90 Å². The Hall–Kier alpha value is -3.87. The molecular weight excluding hydrogens is 677 g/mol. The van der Waals surface area contributed by atoms with Crippen molar-refractivity contribution in [2.45, 2.75) is 47.5 Å². The van der Waals surface area contributed by atoms with Crippen molar-refractivity contribution in [2.75, 3.05) is 25.6 Å². The molecule has 1 fully saturated rings. The highest BCUT2D eigenvalue weighted by atomic mass is 32.2. The number of carboxylic acids is 2. The zero-order chi connectivity index (χ0) is 33.3. The zero-order valence-electron chi connectivity index (χ0n) is 24.5. The number of fused-ring (bicyclic) bond motifs is 2. The molecule has 5 rings (SSSR count). The van der Waals surface area contributed by atoms with Gasteiger partial charge in [-0.05, 0) is 37.0 Å². The van der Waals surface area contributed by atoms with Gasteiger partial charge >= 0.3 is 11.9 Å². The summed E-state index contributed by atoms with van der Waals surface area (Å²) in [6.45, 7) is 0. The molecule has 46 heavy (non-hydrogen) atoms. The van der Waals surface area contributed by atoms with Crippen molar-refractivity contribution in [2.24, 2.45) is 0 Å². The number of aliphatic carboxylic acids is 2. The Morgan fingerprint density at radius 2 is 1.80 bits per heavy atom. The second kappa shape index (κ2) is 13.9. The Labute approximate surface area is 280 Å². The molecule has 4 heterocycles. The lowest BCUT2D eigenvalue weighted by molar-refractivity contribution is -0.148. The van der Waals surface area contributed by atoms with Gasteiger partial charge in [-0.3, -0.25) is 29.0 Å². The Balaban J connectivity index is 1.15. The average molecular weight is 705 g/mol. The number of nitrogens with one attached hydrogen (secondary N) is 1. The summed E-state index contributed by atoms with van der Waals surface area (Å²) >= 11 is 9.36. The first-order valence-electron chi connectivity index (χ1n) is 13.9. The first kappa shape index (κ1) is 33.5. The van der Waals surface area contributed by atoms with Crippen molar-refractivity contribution in [1.82, 2.24) is 30.2 Å². The van der Waals surface area contributed by atoms with E-state index in [2.05, 4.69) is 15.5 Å². The highest BCUT2D eigenvalue weighted by molar-refractivity contribution is 8.01. The number of thiocarbonyl (C=S) groups is 1. The molecule has 1 aromatic heterocycles. The molecule has 1 saturated heterocycles. The number of amides is 4. The minimum atomic E-state index is -1.38. The molecule has 4 amide bonds.